The fraction of sp³-hybridized carbons (Fsp3) is 0.120. The van der Waals surface area contributed by atoms with Crippen LogP contribution in [-0.2, 0) is 0 Å². The predicted molar refractivity (Wildman–Crippen MR) is 223 cm³/mol. The summed E-state index contributed by atoms with van der Waals surface area (Å²) in [6, 6.07) is 40.4. The van der Waals surface area contributed by atoms with Crippen LogP contribution >= 0.6 is 0 Å². The van der Waals surface area contributed by atoms with Crippen molar-refractivity contribution in [3.63, 3.8) is 0 Å². The lowest BCUT2D eigenvalue weighted by atomic mass is 9.85. The van der Waals surface area contributed by atoms with E-state index in [1.165, 1.54) is 88.0 Å². The van der Waals surface area contributed by atoms with Crippen molar-refractivity contribution in [2.24, 2.45) is 0 Å². The summed E-state index contributed by atoms with van der Waals surface area (Å²) in [5.41, 5.74) is 13.6. The minimum absolute atomic E-state index is 1.13. The largest absolute Gasteiger partial charge is 0.0985 e. The first-order valence-corrected chi connectivity index (χ1v) is 17.5. The lowest BCUT2D eigenvalue weighted by molar-refractivity contribution is 1.33. The molecule has 0 fully saturated rings. The highest BCUT2D eigenvalue weighted by Gasteiger charge is 2.17. The normalized spacial score (nSPS) is 13.6. The standard InChI is InChI=1S/C50H46/c1-8-10-16-39(9-2)37(6)26-24-35(4)36(5)25-27-38(7)40-17-15-18-43(32-40)49-45-19-11-13-21-47(45)50(48-22-14-12-20-46(48)49)44-30-29-41-31-34(3)23-28-42(41)33-44/h8-33H,2H2,1,3-7H3/b10-8-,35-24+,36-25+,37-26+,38-27+,39-16+. The van der Waals surface area contributed by atoms with Gasteiger partial charge < -0.3 is 0 Å². The van der Waals surface area contributed by atoms with Gasteiger partial charge in [-0.15, -0.1) is 0 Å². The van der Waals surface area contributed by atoms with Crippen LogP contribution in [0.5, 0.6) is 0 Å². The first-order valence-electron chi connectivity index (χ1n) is 17.5. The Kier molecular flexibility index (Phi) is 10.4. The van der Waals surface area contributed by atoms with Crippen molar-refractivity contribution < 1.29 is 0 Å². The molecule has 0 bridgehead atoms. The number of benzene rings is 6. The molecule has 246 valence electrons. The fourth-order valence-corrected chi connectivity index (χ4v) is 6.71. The van der Waals surface area contributed by atoms with Gasteiger partial charge in [0.1, 0.15) is 0 Å². The summed E-state index contributed by atoms with van der Waals surface area (Å²) in [6.07, 6.45) is 16.9. The summed E-state index contributed by atoms with van der Waals surface area (Å²) in [5.74, 6) is 0. The van der Waals surface area contributed by atoms with E-state index >= 15 is 0 Å². The van der Waals surface area contributed by atoms with E-state index in [1.807, 2.05) is 25.2 Å². The second-order valence-corrected chi connectivity index (χ2v) is 13.2. The molecule has 0 heteroatoms. The summed E-state index contributed by atoms with van der Waals surface area (Å²) in [6.45, 7) is 16.8. The monoisotopic (exact) mass is 646 g/mol. The first-order chi connectivity index (χ1) is 24.3. The van der Waals surface area contributed by atoms with Crippen molar-refractivity contribution >= 4 is 37.9 Å². The number of fused-ring (bicyclic) bond motifs is 3. The third kappa shape index (κ3) is 7.16. The third-order valence-corrected chi connectivity index (χ3v) is 9.75. The van der Waals surface area contributed by atoms with E-state index in [0.29, 0.717) is 0 Å². The minimum Gasteiger partial charge on any atom is -0.0985 e. The van der Waals surface area contributed by atoms with Crippen LogP contribution in [0.4, 0.5) is 0 Å². The first kappa shape index (κ1) is 34.2. The molecule has 0 unspecified atom stereocenters. The zero-order chi connectivity index (χ0) is 35.2. The van der Waals surface area contributed by atoms with Crippen molar-refractivity contribution in [1.82, 2.24) is 0 Å². The maximum atomic E-state index is 3.97. The van der Waals surface area contributed by atoms with Gasteiger partial charge in [0.2, 0.25) is 0 Å². The van der Waals surface area contributed by atoms with Crippen molar-refractivity contribution in [2.75, 3.05) is 0 Å². The smallest absolute Gasteiger partial charge is 0.00262 e. The highest BCUT2D eigenvalue weighted by Crippen LogP contribution is 2.44. The van der Waals surface area contributed by atoms with E-state index in [-0.39, 0.29) is 0 Å². The van der Waals surface area contributed by atoms with Crippen LogP contribution in [0.15, 0.2) is 187 Å². The molecule has 6 rings (SSSR count). The van der Waals surface area contributed by atoms with Crippen LogP contribution in [0.3, 0.4) is 0 Å². The van der Waals surface area contributed by atoms with Gasteiger partial charge in [0.05, 0.1) is 0 Å². The van der Waals surface area contributed by atoms with Gasteiger partial charge in [-0.1, -0.05) is 158 Å². The molecule has 0 saturated heterocycles. The Bertz CT molecular complexity index is 2370. The van der Waals surface area contributed by atoms with Gasteiger partial charge in [-0.3, -0.25) is 0 Å². The lowest BCUT2D eigenvalue weighted by Gasteiger charge is -2.18. The van der Waals surface area contributed by atoms with Gasteiger partial charge >= 0.3 is 0 Å². The van der Waals surface area contributed by atoms with Gasteiger partial charge in [0, 0.05) is 0 Å². The van der Waals surface area contributed by atoms with Gasteiger partial charge in [-0.2, -0.15) is 0 Å². The number of hydrogen-bond acceptors (Lipinski definition) is 0. The quantitative estimate of drug-likeness (QED) is 0.108. The van der Waals surface area contributed by atoms with Gasteiger partial charge in [0.15, 0.2) is 0 Å². The molecular weight excluding hydrogens is 601 g/mol. The molecule has 0 heterocycles. The molecule has 0 atom stereocenters. The third-order valence-electron chi connectivity index (χ3n) is 9.75. The van der Waals surface area contributed by atoms with Crippen molar-refractivity contribution in [3.05, 3.63) is 198 Å². The molecule has 6 aromatic rings. The SMILES string of the molecule is C=CC(=C\C=C/C)/C(C)=C/C=C(C)/C(C)=C/C=C(\C)c1cccc(-c2c3ccccc3c(-c3ccc4cc(C)ccc4c3)c3ccccc23)c1. The molecule has 0 spiro atoms. The van der Waals surface area contributed by atoms with Gasteiger partial charge in [-0.05, 0) is 142 Å². The minimum atomic E-state index is 1.13. The van der Waals surface area contributed by atoms with Crippen LogP contribution in [-0.4, -0.2) is 0 Å². The molecule has 0 radical (unpaired) electrons. The molecule has 0 aromatic heterocycles. The highest BCUT2D eigenvalue weighted by atomic mass is 14.2. The van der Waals surface area contributed by atoms with Crippen LogP contribution in [0.1, 0.15) is 45.7 Å². The molecule has 0 nitrogen and oxygen atoms in total. The Hall–Kier alpha value is -5.72. The average Bonchev–Trinajstić information content (AvgIpc) is 3.14. The molecule has 0 saturated carbocycles. The summed E-state index contributed by atoms with van der Waals surface area (Å²) in [4.78, 5) is 0. The zero-order valence-electron chi connectivity index (χ0n) is 30.2. The van der Waals surface area contributed by atoms with E-state index in [9.17, 15) is 0 Å². The Morgan fingerprint density at radius 3 is 1.66 bits per heavy atom. The predicted octanol–water partition coefficient (Wildman–Crippen LogP) is 14.7. The van der Waals surface area contributed by atoms with E-state index in [2.05, 4.69) is 181 Å². The van der Waals surface area contributed by atoms with Crippen LogP contribution in [0.2, 0.25) is 0 Å². The van der Waals surface area contributed by atoms with Crippen molar-refractivity contribution in [1.29, 1.82) is 0 Å². The molecule has 0 amide bonds. The molecule has 50 heavy (non-hydrogen) atoms. The Morgan fingerprint density at radius 2 is 1.06 bits per heavy atom. The summed E-state index contributed by atoms with van der Waals surface area (Å²) in [7, 11) is 0. The Balaban J connectivity index is 1.40. The fourth-order valence-electron chi connectivity index (χ4n) is 6.71. The van der Waals surface area contributed by atoms with E-state index < -0.39 is 0 Å². The van der Waals surface area contributed by atoms with Crippen LogP contribution in [0.25, 0.3) is 60.1 Å². The van der Waals surface area contributed by atoms with Crippen molar-refractivity contribution in [3.8, 4) is 22.3 Å². The second-order valence-electron chi connectivity index (χ2n) is 13.2. The number of hydrogen-bond donors (Lipinski definition) is 0. The van der Waals surface area contributed by atoms with E-state index in [0.717, 1.165) is 5.57 Å². The van der Waals surface area contributed by atoms with Crippen molar-refractivity contribution in [2.45, 2.75) is 41.5 Å². The molecular formula is C50H46. The second kappa shape index (κ2) is 15.2. The van der Waals surface area contributed by atoms with E-state index in [1.54, 1.807) is 0 Å². The highest BCUT2D eigenvalue weighted by molar-refractivity contribution is 6.21. The van der Waals surface area contributed by atoms with E-state index in [4.69, 9.17) is 0 Å². The topological polar surface area (TPSA) is 0 Å². The number of allylic oxidation sites excluding steroid dienone is 13. The average molecular weight is 647 g/mol. The lowest BCUT2D eigenvalue weighted by Crippen LogP contribution is -1.91. The molecule has 0 aliphatic rings. The van der Waals surface area contributed by atoms with Gasteiger partial charge in [0.25, 0.3) is 0 Å². The van der Waals surface area contributed by atoms with Crippen LogP contribution < -0.4 is 0 Å². The zero-order valence-corrected chi connectivity index (χ0v) is 30.2. The summed E-state index contributed by atoms with van der Waals surface area (Å²) < 4.78 is 0. The maximum Gasteiger partial charge on any atom is -0.00262 e. The Labute approximate surface area is 298 Å². The molecule has 0 aliphatic heterocycles. The molecule has 6 aromatic carbocycles. The van der Waals surface area contributed by atoms with Crippen LogP contribution in [0, 0.1) is 6.92 Å². The van der Waals surface area contributed by atoms with Gasteiger partial charge in [-0.25, -0.2) is 0 Å². The summed E-state index contributed by atoms with van der Waals surface area (Å²) in [5, 5.41) is 7.62. The molecule has 0 N–H and O–H groups in total. The number of aryl methyl sites for hydroxylation is 1. The summed E-state index contributed by atoms with van der Waals surface area (Å²) >= 11 is 0. The maximum absolute atomic E-state index is 3.97. The Morgan fingerprint density at radius 1 is 0.520 bits per heavy atom. The number of rotatable bonds is 9. The molecule has 0 aliphatic carbocycles.